The second-order valence-electron chi connectivity index (χ2n) is 6.27. The normalized spacial score (nSPS) is 37.2. The molecule has 1 aromatic carbocycles. The lowest BCUT2D eigenvalue weighted by Gasteiger charge is -2.55. The highest BCUT2D eigenvalue weighted by atomic mass is 32.2. The molecule has 2 N–H and O–H groups in total. The van der Waals surface area contributed by atoms with Crippen molar-refractivity contribution in [2.24, 2.45) is 0 Å². The van der Waals surface area contributed by atoms with Crippen molar-refractivity contribution in [2.75, 3.05) is 6.26 Å². The standard InChI is InChI=1S/C16H30O5SSi3/c1-10-13(20-24-4)14(21-25-5)16(18,23-3)15(17,19-10)11-6-8-12(22-2)9-7-11/h6-10,13-14,17-18H,23-25H2,1-5H3/t10-,13+,14+,15?,16+/m0/s1. The van der Waals surface area contributed by atoms with Crippen LogP contribution in [-0.4, -0.2) is 69.1 Å². The van der Waals surface area contributed by atoms with Gasteiger partial charge in [-0.2, -0.15) is 0 Å². The molecule has 1 aliphatic rings. The molecule has 5 atom stereocenters. The molecular weight excluding hydrogens is 388 g/mol. The summed E-state index contributed by atoms with van der Waals surface area (Å²) in [6.45, 7) is 7.96. The Kier molecular flexibility index (Phi) is 7.51. The van der Waals surface area contributed by atoms with Gasteiger partial charge in [-0.15, -0.1) is 11.8 Å². The molecule has 0 aliphatic carbocycles. The first kappa shape index (κ1) is 21.3. The molecule has 0 spiro atoms. The van der Waals surface area contributed by atoms with Gasteiger partial charge in [-0.05, 0) is 25.3 Å². The molecule has 0 aromatic heterocycles. The van der Waals surface area contributed by atoms with Gasteiger partial charge in [-0.3, -0.25) is 0 Å². The van der Waals surface area contributed by atoms with Crippen LogP contribution in [0.25, 0.3) is 0 Å². The molecule has 1 aromatic rings. The Hall–Kier alpha value is 0.0206. The van der Waals surface area contributed by atoms with Crippen LogP contribution in [0, 0.1) is 0 Å². The van der Waals surface area contributed by atoms with E-state index in [9.17, 15) is 10.2 Å². The third-order valence-corrected chi connectivity index (χ3v) is 9.01. The minimum Gasteiger partial charge on any atom is -0.416 e. The Bertz CT molecular complexity index is 563. The van der Waals surface area contributed by atoms with Crippen molar-refractivity contribution >= 4 is 40.8 Å². The van der Waals surface area contributed by atoms with E-state index in [1.807, 2.05) is 50.5 Å². The smallest absolute Gasteiger partial charge is 0.221 e. The van der Waals surface area contributed by atoms with Crippen molar-refractivity contribution < 1.29 is 23.8 Å². The van der Waals surface area contributed by atoms with Gasteiger partial charge in [0, 0.05) is 10.5 Å². The molecule has 9 heteroatoms. The maximum absolute atomic E-state index is 11.6. The van der Waals surface area contributed by atoms with Crippen LogP contribution in [0.5, 0.6) is 0 Å². The lowest BCUT2D eigenvalue weighted by molar-refractivity contribution is -0.362. The molecule has 0 amide bonds. The molecule has 5 nitrogen and oxygen atoms in total. The average molecular weight is 419 g/mol. The summed E-state index contributed by atoms with van der Waals surface area (Å²) in [5.41, 5.74) is 0.576. The zero-order valence-corrected chi connectivity index (χ0v) is 20.7. The summed E-state index contributed by atoms with van der Waals surface area (Å²) < 4.78 is 18.1. The average Bonchev–Trinajstić information content (AvgIpc) is 2.62. The molecule has 1 fully saturated rings. The van der Waals surface area contributed by atoms with Crippen LogP contribution < -0.4 is 0 Å². The van der Waals surface area contributed by atoms with E-state index in [0.717, 1.165) is 4.90 Å². The summed E-state index contributed by atoms with van der Waals surface area (Å²) in [7, 11) is -2.61. The largest absolute Gasteiger partial charge is 0.416 e. The molecule has 1 unspecified atom stereocenters. The fraction of sp³-hybridized carbons (Fsp3) is 0.625. The summed E-state index contributed by atoms with van der Waals surface area (Å²) in [6.07, 6.45) is 0.781. The van der Waals surface area contributed by atoms with Gasteiger partial charge in [-0.25, -0.2) is 0 Å². The molecule has 0 bridgehead atoms. The number of hydrogen-bond donors (Lipinski definition) is 2. The maximum atomic E-state index is 11.6. The number of ether oxygens (including phenoxy) is 1. The van der Waals surface area contributed by atoms with Crippen LogP contribution in [0.2, 0.25) is 19.6 Å². The molecule has 1 heterocycles. The first-order chi connectivity index (χ1) is 11.9. The molecular formula is C16H30O5SSi3. The summed E-state index contributed by atoms with van der Waals surface area (Å²) in [5.74, 6) is -1.77. The van der Waals surface area contributed by atoms with E-state index < -0.39 is 46.2 Å². The first-order valence-electron chi connectivity index (χ1n) is 8.88. The number of aliphatic hydroxyl groups is 2. The van der Waals surface area contributed by atoms with E-state index in [0.29, 0.717) is 5.56 Å². The monoisotopic (exact) mass is 418 g/mol. The minimum absolute atomic E-state index is 0.327. The molecule has 2 rings (SSSR count). The predicted molar refractivity (Wildman–Crippen MR) is 111 cm³/mol. The van der Waals surface area contributed by atoms with Crippen LogP contribution in [0.1, 0.15) is 12.5 Å². The van der Waals surface area contributed by atoms with Gasteiger partial charge >= 0.3 is 0 Å². The van der Waals surface area contributed by atoms with E-state index in [4.69, 9.17) is 13.6 Å². The highest BCUT2D eigenvalue weighted by Crippen LogP contribution is 2.45. The highest BCUT2D eigenvalue weighted by molar-refractivity contribution is 7.98. The first-order valence-corrected chi connectivity index (χ1v) is 16.2. The van der Waals surface area contributed by atoms with Gasteiger partial charge in [0.05, 0.1) is 21.7 Å². The Balaban J connectivity index is 2.51. The van der Waals surface area contributed by atoms with Gasteiger partial charge in [0.2, 0.25) is 5.79 Å². The molecule has 1 aliphatic heterocycles. The second kappa shape index (κ2) is 8.81. The highest BCUT2D eigenvalue weighted by Gasteiger charge is 2.63. The Morgan fingerprint density at radius 2 is 1.68 bits per heavy atom. The predicted octanol–water partition coefficient (Wildman–Crippen LogP) is -0.0880. The van der Waals surface area contributed by atoms with Crippen molar-refractivity contribution in [1.29, 1.82) is 0 Å². The minimum atomic E-state index is -1.77. The van der Waals surface area contributed by atoms with Crippen LogP contribution >= 0.6 is 11.8 Å². The van der Waals surface area contributed by atoms with E-state index in [2.05, 4.69) is 6.55 Å². The van der Waals surface area contributed by atoms with Gasteiger partial charge in [0.25, 0.3) is 0 Å². The molecule has 25 heavy (non-hydrogen) atoms. The zero-order valence-electron chi connectivity index (χ0n) is 15.7. The van der Waals surface area contributed by atoms with Crippen molar-refractivity contribution in [3.63, 3.8) is 0 Å². The van der Waals surface area contributed by atoms with E-state index in [1.165, 1.54) is 0 Å². The van der Waals surface area contributed by atoms with Crippen molar-refractivity contribution in [3.05, 3.63) is 29.8 Å². The molecule has 0 radical (unpaired) electrons. The van der Waals surface area contributed by atoms with Crippen LogP contribution in [0.3, 0.4) is 0 Å². The molecule has 1 saturated heterocycles. The summed E-state index contributed by atoms with van der Waals surface area (Å²) in [4.78, 5) is 1.10. The number of benzene rings is 1. The summed E-state index contributed by atoms with van der Waals surface area (Å²) in [6, 6.07) is 7.55. The Morgan fingerprint density at radius 3 is 2.16 bits per heavy atom. The number of thioether (sulfide) groups is 1. The fourth-order valence-corrected chi connectivity index (χ4v) is 7.37. The summed E-state index contributed by atoms with van der Waals surface area (Å²) in [5, 5.41) is 21.7. The second-order valence-corrected chi connectivity index (χ2v) is 10.8. The molecule has 142 valence electrons. The number of hydrogen-bond acceptors (Lipinski definition) is 6. The van der Waals surface area contributed by atoms with E-state index in [1.54, 1.807) is 11.8 Å². The summed E-state index contributed by atoms with van der Waals surface area (Å²) >= 11 is 1.63. The van der Waals surface area contributed by atoms with E-state index in [-0.39, 0.29) is 12.2 Å². The van der Waals surface area contributed by atoms with Crippen molar-refractivity contribution in [3.8, 4) is 0 Å². The van der Waals surface area contributed by atoms with Gasteiger partial charge in [0.15, 0.2) is 19.5 Å². The van der Waals surface area contributed by atoms with Crippen LogP contribution in [0.4, 0.5) is 0 Å². The zero-order chi connectivity index (χ0) is 18.7. The lowest BCUT2D eigenvalue weighted by atomic mass is 9.87. The Labute approximate surface area is 161 Å². The van der Waals surface area contributed by atoms with Gasteiger partial charge in [0.1, 0.15) is 11.3 Å². The maximum Gasteiger partial charge on any atom is 0.221 e. The molecule has 0 saturated carbocycles. The third kappa shape index (κ3) is 3.85. The Morgan fingerprint density at radius 1 is 1.08 bits per heavy atom. The van der Waals surface area contributed by atoms with Gasteiger partial charge < -0.3 is 23.8 Å². The van der Waals surface area contributed by atoms with Gasteiger partial charge in [-0.1, -0.05) is 31.8 Å². The topological polar surface area (TPSA) is 68.2 Å². The van der Waals surface area contributed by atoms with Crippen LogP contribution in [-0.2, 0) is 19.4 Å². The number of rotatable bonds is 7. The lowest BCUT2D eigenvalue weighted by Crippen LogP contribution is -2.73. The fourth-order valence-electron chi connectivity index (χ4n) is 3.55. The van der Waals surface area contributed by atoms with Crippen molar-refractivity contribution in [2.45, 2.75) is 60.8 Å². The van der Waals surface area contributed by atoms with Crippen molar-refractivity contribution in [1.82, 2.24) is 0 Å². The van der Waals surface area contributed by atoms with Crippen LogP contribution in [0.15, 0.2) is 29.2 Å². The quantitative estimate of drug-likeness (QED) is 0.477. The SMILES string of the molecule is C[SiH2]O[C@@H]1[C@H](C)OC(O)(c2ccc(SC)cc2)[C@](O)([SiH2]C)[C@@H]1O[SiH2]C. The van der Waals surface area contributed by atoms with E-state index >= 15 is 0 Å². The third-order valence-electron chi connectivity index (χ3n) is 4.90.